The molecule has 1 amide bonds. The monoisotopic (exact) mass is 541 g/mol. The van der Waals surface area contributed by atoms with E-state index in [0.717, 1.165) is 6.42 Å². The number of thioether (sulfide) groups is 1. The van der Waals surface area contributed by atoms with Gasteiger partial charge in [0.1, 0.15) is 17.8 Å². The van der Waals surface area contributed by atoms with Crippen molar-refractivity contribution < 1.29 is 14.3 Å². The number of amides is 1. The number of benzene rings is 1. The summed E-state index contributed by atoms with van der Waals surface area (Å²) < 4.78 is 9.16. The van der Waals surface area contributed by atoms with E-state index in [0.29, 0.717) is 39.2 Å². The zero-order chi connectivity index (χ0) is 26.9. The van der Waals surface area contributed by atoms with Gasteiger partial charge in [-0.25, -0.2) is 15.0 Å². The molecule has 0 saturated carbocycles. The average Bonchev–Trinajstić information content (AvgIpc) is 3.43. The molecule has 3 heterocycles. The summed E-state index contributed by atoms with van der Waals surface area (Å²) in [4.78, 5) is 26.2. The summed E-state index contributed by atoms with van der Waals surface area (Å²) in [5, 5.41) is 14.2. The number of aliphatic hydroxyl groups is 1. The number of carbonyl (C=O) groups is 1. The van der Waals surface area contributed by atoms with E-state index in [2.05, 4.69) is 68.7 Å². The maximum absolute atomic E-state index is 12.8. The summed E-state index contributed by atoms with van der Waals surface area (Å²) in [7, 11) is -2.27. The largest absolute Gasteiger partial charge is 0.407 e. The van der Waals surface area contributed by atoms with Crippen LogP contribution in [0.5, 0.6) is 0 Å². The summed E-state index contributed by atoms with van der Waals surface area (Å²) >= 11 is 1.71. The van der Waals surface area contributed by atoms with Crippen LogP contribution in [0.25, 0.3) is 11.2 Å². The smallest absolute Gasteiger partial charge is 0.256 e. The number of rotatable bonds is 9. The zero-order valence-electron chi connectivity index (χ0n) is 22.8. The lowest BCUT2D eigenvalue weighted by Gasteiger charge is -2.45. The molecule has 0 radical (unpaired) electrons. The predicted molar refractivity (Wildman–Crippen MR) is 152 cm³/mol. The maximum atomic E-state index is 12.8. The van der Waals surface area contributed by atoms with Gasteiger partial charge >= 0.3 is 0 Å². The van der Waals surface area contributed by atoms with Gasteiger partial charge in [-0.3, -0.25) is 9.36 Å². The molecule has 2 N–H and O–H groups in total. The van der Waals surface area contributed by atoms with Crippen LogP contribution in [0.2, 0.25) is 16.6 Å². The van der Waals surface area contributed by atoms with Crippen LogP contribution in [0, 0.1) is 0 Å². The van der Waals surface area contributed by atoms with E-state index in [1.165, 1.54) is 6.33 Å². The average molecular weight is 542 g/mol. The van der Waals surface area contributed by atoms with Gasteiger partial charge in [0.05, 0.1) is 12.4 Å². The number of hydrogen-bond acceptors (Lipinski definition) is 7. The van der Waals surface area contributed by atoms with Crippen molar-refractivity contribution in [2.75, 3.05) is 5.32 Å². The minimum absolute atomic E-state index is 0.0460. The first kappa shape index (κ1) is 27.8. The molecule has 10 heteroatoms. The fourth-order valence-electron chi connectivity index (χ4n) is 5.95. The van der Waals surface area contributed by atoms with Crippen molar-refractivity contribution in [2.24, 2.45) is 0 Å². The lowest BCUT2D eigenvalue weighted by atomic mass is 10.1. The molecule has 0 bridgehead atoms. The highest BCUT2D eigenvalue weighted by atomic mass is 32.2. The molecule has 0 aliphatic carbocycles. The van der Waals surface area contributed by atoms with Crippen molar-refractivity contribution in [3.63, 3.8) is 0 Å². The Morgan fingerprint density at radius 3 is 2.32 bits per heavy atom. The lowest BCUT2D eigenvalue weighted by molar-refractivity contribution is 0.0233. The minimum Gasteiger partial charge on any atom is -0.407 e. The fraction of sp³-hybridized carbons (Fsp3) is 0.556. The number of anilines is 1. The van der Waals surface area contributed by atoms with E-state index in [9.17, 15) is 9.90 Å². The predicted octanol–water partition coefficient (Wildman–Crippen LogP) is 6.02. The van der Waals surface area contributed by atoms with Crippen molar-refractivity contribution in [2.45, 2.75) is 94.3 Å². The van der Waals surface area contributed by atoms with Crippen LogP contribution in [0.4, 0.5) is 5.82 Å². The lowest BCUT2D eigenvalue weighted by Crippen LogP contribution is -2.53. The quantitative estimate of drug-likeness (QED) is 0.319. The summed E-state index contributed by atoms with van der Waals surface area (Å²) in [6.45, 7) is 15.7. The molecule has 0 spiro atoms. The molecule has 8 nitrogen and oxygen atoms in total. The molecule has 1 aliphatic heterocycles. The van der Waals surface area contributed by atoms with E-state index >= 15 is 0 Å². The normalized spacial score (nSPS) is 22.5. The van der Waals surface area contributed by atoms with E-state index in [1.807, 2.05) is 22.8 Å². The molecule has 1 fully saturated rings. The van der Waals surface area contributed by atoms with Gasteiger partial charge in [-0.2, -0.15) is 0 Å². The minimum atomic E-state index is -2.27. The van der Waals surface area contributed by atoms with Gasteiger partial charge in [-0.15, -0.1) is 11.8 Å². The molecule has 37 heavy (non-hydrogen) atoms. The molecule has 200 valence electrons. The van der Waals surface area contributed by atoms with Crippen LogP contribution in [0.3, 0.4) is 0 Å². The Hall–Kier alpha value is -2.27. The molecule has 1 saturated heterocycles. The zero-order valence-corrected chi connectivity index (χ0v) is 24.6. The number of nitrogens with one attached hydrogen (secondary N) is 1. The second-order valence-electron chi connectivity index (χ2n) is 10.7. The van der Waals surface area contributed by atoms with Crippen molar-refractivity contribution in [1.29, 1.82) is 0 Å². The first-order valence-corrected chi connectivity index (χ1v) is 16.2. The first-order chi connectivity index (χ1) is 17.6. The van der Waals surface area contributed by atoms with E-state index in [-0.39, 0.29) is 22.6 Å². The van der Waals surface area contributed by atoms with Crippen molar-refractivity contribution >= 4 is 43.0 Å². The number of aromatic nitrogens is 4. The van der Waals surface area contributed by atoms with E-state index in [1.54, 1.807) is 30.2 Å². The number of nitrogens with zero attached hydrogens (tertiary/aromatic N) is 4. The molecule has 1 aliphatic rings. The topological polar surface area (TPSA) is 102 Å². The van der Waals surface area contributed by atoms with Crippen LogP contribution < -0.4 is 5.32 Å². The molecule has 4 atom stereocenters. The Balaban J connectivity index is 1.72. The number of aliphatic hydroxyl groups excluding tert-OH is 1. The summed E-state index contributed by atoms with van der Waals surface area (Å²) in [5.74, 6) is 0.107. The highest BCUT2D eigenvalue weighted by molar-refractivity contribution is 8.00. The van der Waals surface area contributed by atoms with Crippen LogP contribution in [0.1, 0.15) is 70.6 Å². The molecular formula is C27H39N5O3SSi. The second kappa shape index (κ2) is 11.2. The first-order valence-electron chi connectivity index (χ1n) is 13.2. The Bertz CT molecular complexity index is 1200. The van der Waals surface area contributed by atoms with Gasteiger partial charge in [0.2, 0.25) is 8.32 Å². The fourth-order valence-corrected chi connectivity index (χ4v) is 13.1. The van der Waals surface area contributed by atoms with E-state index < -0.39 is 14.4 Å². The summed E-state index contributed by atoms with van der Waals surface area (Å²) in [6.07, 6.45) is 3.03. The number of imidazole rings is 1. The third kappa shape index (κ3) is 5.08. The molecule has 1 aromatic carbocycles. The molecule has 2 aromatic heterocycles. The van der Waals surface area contributed by atoms with Crippen LogP contribution in [-0.2, 0) is 4.43 Å². The maximum Gasteiger partial charge on any atom is 0.256 e. The Morgan fingerprint density at radius 2 is 1.73 bits per heavy atom. The third-order valence-corrected chi connectivity index (χ3v) is 15.5. The molecular weight excluding hydrogens is 502 g/mol. The highest BCUT2D eigenvalue weighted by Crippen LogP contribution is 2.51. The van der Waals surface area contributed by atoms with Gasteiger partial charge in [0, 0.05) is 10.8 Å². The molecule has 1 unspecified atom stereocenters. The van der Waals surface area contributed by atoms with Crippen LogP contribution in [0.15, 0.2) is 43.0 Å². The van der Waals surface area contributed by atoms with Crippen molar-refractivity contribution in [3.05, 3.63) is 48.5 Å². The SMILES string of the molecule is CC[C@H]1S[C@@H](n2cnc3c(NC(=O)c4ccccc4)ncnc32)C(O[Si](C(C)C)(C(C)C)C(C)C)[C@@H]1O. The Kier molecular flexibility index (Phi) is 8.42. The second-order valence-corrected chi connectivity index (χ2v) is 17.5. The Labute approximate surface area is 224 Å². The van der Waals surface area contributed by atoms with Gasteiger partial charge in [-0.05, 0) is 35.2 Å². The van der Waals surface area contributed by atoms with Gasteiger partial charge in [0.25, 0.3) is 5.91 Å². The standard InChI is InChI=1S/C27H39N5O3SSi/c1-8-20-22(33)23(35-37(16(2)3,17(4)5)18(6)7)27(36-20)32-15-30-21-24(28-14-29-25(21)32)31-26(34)19-12-10-9-11-13-19/h9-18,20,22-23,27,33H,8H2,1-7H3,(H,28,29,31,34)/t20-,22-,23?,27-/m1/s1. The van der Waals surface area contributed by atoms with Crippen molar-refractivity contribution in [1.82, 2.24) is 19.5 Å². The number of fused-ring (bicyclic) bond motifs is 1. The summed E-state index contributed by atoms with van der Waals surface area (Å²) in [5.41, 5.74) is 2.85. The number of hydrogen-bond donors (Lipinski definition) is 2. The Morgan fingerprint density at radius 1 is 1.08 bits per heavy atom. The number of carbonyl (C=O) groups excluding carboxylic acids is 1. The molecule has 4 rings (SSSR count). The van der Waals surface area contributed by atoms with Gasteiger partial charge in [0.15, 0.2) is 17.0 Å². The molecule has 3 aromatic rings. The van der Waals surface area contributed by atoms with Crippen LogP contribution >= 0.6 is 11.8 Å². The van der Waals surface area contributed by atoms with E-state index in [4.69, 9.17) is 4.43 Å². The van der Waals surface area contributed by atoms with Crippen LogP contribution in [-0.4, -0.2) is 56.3 Å². The van der Waals surface area contributed by atoms with Crippen molar-refractivity contribution in [3.8, 4) is 0 Å². The summed E-state index contributed by atoms with van der Waals surface area (Å²) in [6, 6.07) is 9.02. The highest BCUT2D eigenvalue weighted by Gasteiger charge is 2.53. The van der Waals surface area contributed by atoms with Gasteiger partial charge < -0.3 is 14.8 Å². The van der Waals surface area contributed by atoms with Gasteiger partial charge in [-0.1, -0.05) is 66.7 Å². The third-order valence-electron chi connectivity index (χ3n) is 7.66.